The topological polar surface area (TPSA) is 42.3 Å². The molecule has 2 aromatic rings. The number of imide groups is 1. The molecular weight excluding hydrogens is 332 g/mol. The van der Waals surface area contributed by atoms with Gasteiger partial charge in [-0.05, 0) is 54.2 Å². The number of terminal acetylenes is 1. The van der Waals surface area contributed by atoms with E-state index >= 15 is 0 Å². The van der Waals surface area contributed by atoms with Crippen molar-refractivity contribution in [2.45, 2.75) is 0 Å². The van der Waals surface area contributed by atoms with Crippen molar-refractivity contribution in [3.05, 3.63) is 58.2 Å². The predicted molar refractivity (Wildman–Crippen MR) is 92.3 cm³/mol. The Bertz CT molecular complexity index is 846. The molecule has 1 aliphatic rings. The third kappa shape index (κ3) is 3.04. The number of amides is 2. The van der Waals surface area contributed by atoms with Gasteiger partial charge in [-0.3, -0.25) is 14.5 Å². The highest BCUT2D eigenvalue weighted by Gasteiger charge is 2.34. The minimum Gasteiger partial charge on any atom is -0.317 e. The van der Waals surface area contributed by atoms with Gasteiger partial charge in [-0.2, -0.15) is 0 Å². The molecule has 0 N–H and O–H groups in total. The molecule has 4 nitrogen and oxygen atoms in total. The van der Waals surface area contributed by atoms with Gasteiger partial charge in [0, 0.05) is 22.6 Å². The van der Waals surface area contributed by atoms with Gasteiger partial charge in [0.15, 0.2) is 0 Å². The van der Waals surface area contributed by atoms with Crippen LogP contribution in [-0.2, 0) is 4.79 Å². The summed E-state index contributed by atoms with van der Waals surface area (Å²) in [4.78, 5) is 25.5. The van der Waals surface area contributed by atoms with E-state index < -0.39 is 0 Å². The molecule has 0 bridgehead atoms. The van der Waals surface area contributed by atoms with Gasteiger partial charge in [0.05, 0.1) is 11.4 Å². The highest BCUT2D eigenvalue weighted by Crippen LogP contribution is 2.32. The first-order valence-corrected chi connectivity index (χ1v) is 7.92. The summed E-state index contributed by atoms with van der Waals surface area (Å²) in [5.74, 6) is 1.96. The van der Waals surface area contributed by atoms with Gasteiger partial charge in [0.25, 0.3) is 11.1 Å². The van der Waals surface area contributed by atoms with Crippen LogP contribution in [0.1, 0.15) is 5.69 Å². The maximum Gasteiger partial charge on any atom is 0.294 e. The average Bonchev–Trinajstić information content (AvgIpc) is 3.09. The Morgan fingerprint density at radius 2 is 1.96 bits per heavy atom. The van der Waals surface area contributed by atoms with E-state index in [-0.39, 0.29) is 17.7 Å². The number of halogens is 1. The number of benzene rings is 1. The molecule has 0 atom stereocenters. The van der Waals surface area contributed by atoms with Crippen LogP contribution in [0, 0.1) is 12.3 Å². The number of rotatable bonds is 3. The van der Waals surface area contributed by atoms with Crippen molar-refractivity contribution in [3.8, 4) is 18.0 Å². The molecule has 6 heteroatoms. The quantitative estimate of drug-likeness (QED) is 0.629. The molecule has 1 aromatic heterocycles. The second-order valence-corrected chi connectivity index (χ2v) is 6.18. The van der Waals surface area contributed by atoms with Crippen molar-refractivity contribution in [2.75, 3.05) is 6.54 Å². The average molecular weight is 343 g/mol. The summed E-state index contributed by atoms with van der Waals surface area (Å²) in [5, 5.41) is 0.307. The molecule has 3 rings (SSSR count). The largest absolute Gasteiger partial charge is 0.317 e. The lowest BCUT2D eigenvalue weighted by Gasteiger charge is -2.08. The molecule has 0 aliphatic carbocycles. The number of hydrogen-bond donors (Lipinski definition) is 0. The molecule has 0 unspecified atom stereocenters. The van der Waals surface area contributed by atoms with Crippen LogP contribution < -0.4 is 0 Å². The van der Waals surface area contributed by atoms with Crippen LogP contribution in [0.2, 0.25) is 5.02 Å². The van der Waals surface area contributed by atoms with Crippen LogP contribution >= 0.6 is 23.4 Å². The van der Waals surface area contributed by atoms with Crippen LogP contribution in [-0.4, -0.2) is 27.2 Å². The smallest absolute Gasteiger partial charge is 0.294 e. The Labute approximate surface area is 142 Å². The zero-order valence-corrected chi connectivity index (χ0v) is 13.5. The Kier molecular flexibility index (Phi) is 4.28. The summed E-state index contributed by atoms with van der Waals surface area (Å²) in [6.07, 6.45) is 8.75. The zero-order chi connectivity index (χ0) is 16.4. The number of thioether (sulfide) groups is 1. The minimum atomic E-state index is -0.359. The predicted octanol–water partition coefficient (Wildman–Crippen LogP) is 3.80. The van der Waals surface area contributed by atoms with Gasteiger partial charge in [0.2, 0.25) is 0 Å². The lowest BCUT2D eigenvalue weighted by Crippen LogP contribution is -2.28. The van der Waals surface area contributed by atoms with E-state index in [0.29, 0.717) is 9.93 Å². The molecule has 0 radical (unpaired) electrons. The second kappa shape index (κ2) is 6.37. The van der Waals surface area contributed by atoms with Crippen LogP contribution in [0.3, 0.4) is 0 Å². The van der Waals surface area contributed by atoms with Crippen molar-refractivity contribution in [2.24, 2.45) is 0 Å². The fourth-order valence-electron chi connectivity index (χ4n) is 2.21. The summed E-state index contributed by atoms with van der Waals surface area (Å²) < 4.78 is 1.91. The van der Waals surface area contributed by atoms with Crippen LogP contribution in [0.4, 0.5) is 4.79 Å². The summed E-state index contributed by atoms with van der Waals surface area (Å²) in [6, 6.07) is 11.1. The first kappa shape index (κ1) is 15.5. The molecule has 114 valence electrons. The molecule has 0 spiro atoms. The fraction of sp³-hybridized carbons (Fsp3) is 0.0588. The van der Waals surface area contributed by atoms with Gasteiger partial charge in [-0.25, -0.2) is 0 Å². The molecule has 2 heterocycles. The van der Waals surface area contributed by atoms with E-state index in [1.54, 1.807) is 18.2 Å². The lowest BCUT2D eigenvalue weighted by atomic mass is 10.3. The number of nitrogens with zero attached hydrogens (tertiary/aromatic N) is 2. The van der Waals surface area contributed by atoms with Crippen molar-refractivity contribution in [3.63, 3.8) is 0 Å². The SMILES string of the molecule is C#CCN1C(=O)S/C(=C/c2cccn2-c2ccc(Cl)cc2)C1=O. The minimum absolute atomic E-state index is 0.0137. The maximum atomic E-state index is 12.2. The summed E-state index contributed by atoms with van der Waals surface area (Å²) in [6.45, 7) is -0.0137. The normalized spacial score (nSPS) is 16.2. The van der Waals surface area contributed by atoms with E-state index in [4.69, 9.17) is 18.0 Å². The molecule has 0 saturated carbocycles. The third-order valence-electron chi connectivity index (χ3n) is 3.29. The number of hydrogen-bond acceptors (Lipinski definition) is 3. The van der Waals surface area contributed by atoms with Crippen molar-refractivity contribution in [1.82, 2.24) is 9.47 Å². The van der Waals surface area contributed by atoms with Gasteiger partial charge >= 0.3 is 0 Å². The number of carbonyl (C=O) groups excluding carboxylic acids is 2. The molecular formula is C17H11ClN2O2S. The molecule has 1 fully saturated rings. The fourth-order valence-corrected chi connectivity index (χ4v) is 3.16. The van der Waals surface area contributed by atoms with Gasteiger partial charge in [-0.15, -0.1) is 6.42 Å². The van der Waals surface area contributed by atoms with Crippen LogP contribution in [0.5, 0.6) is 0 Å². The molecule has 1 aromatic carbocycles. The first-order valence-electron chi connectivity index (χ1n) is 6.72. The van der Waals surface area contributed by atoms with Gasteiger partial charge in [-0.1, -0.05) is 17.5 Å². The van der Waals surface area contributed by atoms with Crippen molar-refractivity contribution in [1.29, 1.82) is 0 Å². The highest BCUT2D eigenvalue weighted by atomic mass is 35.5. The van der Waals surface area contributed by atoms with E-state index in [1.807, 2.05) is 35.0 Å². The summed E-state index contributed by atoms with van der Waals surface area (Å²) >= 11 is 6.80. The second-order valence-electron chi connectivity index (χ2n) is 4.75. The molecule has 23 heavy (non-hydrogen) atoms. The van der Waals surface area contributed by atoms with Crippen LogP contribution in [0.25, 0.3) is 11.8 Å². The molecule has 2 amide bonds. The Balaban J connectivity index is 1.94. The van der Waals surface area contributed by atoms with E-state index in [9.17, 15) is 9.59 Å². The first-order chi connectivity index (χ1) is 11.1. The third-order valence-corrected chi connectivity index (χ3v) is 4.45. The number of carbonyl (C=O) groups is 2. The van der Waals surface area contributed by atoms with E-state index in [0.717, 1.165) is 28.0 Å². The summed E-state index contributed by atoms with van der Waals surface area (Å²) in [7, 11) is 0. The van der Waals surface area contributed by atoms with Gasteiger partial charge < -0.3 is 4.57 Å². The maximum absolute atomic E-state index is 12.2. The standard InChI is InChI=1S/C17H11ClN2O2S/c1-2-9-20-16(21)15(23-17(20)22)11-14-4-3-10-19(14)13-7-5-12(18)6-8-13/h1,3-8,10-11H,9H2/b15-11+. The lowest BCUT2D eigenvalue weighted by molar-refractivity contribution is -0.122. The number of aromatic nitrogens is 1. The zero-order valence-electron chi connectivity index (χ0n) is 11.9. The molecule has 1 aliphatic heterocycles. The Hall–Kier alpha value is -2.42. The monoisotopic (exact) mass is 342 g/mol. The highest BCUT2D eigenvalue weighted by molar-refractivity contribution is 8.18. The Morgan fingerprint density at radius 1 is 1.22 bits per heavy atom. The van der Waals surface area contributed by atoms with Gasteiger partial charge in [0.1, 0.15) is 0 Å². The van der Waals surface area contributed by atoms with Crippen molar-refractivity contribution < 1.29 is 9.59 Å². The van der Waals surface area contributed by atoms with E-state index in [2.05, 4.69) is 5.92 Å². The van der Waals surface area contributed by atoms with Crippen molar-refractivity contribution >= 4 is 40.6 Å². The Morgan fingerprint density at radius 3 is 2.65 bits per heavy atom. The van der Waals surface area contributed by atoms with E-state index in [1.165, 1.54) is 0 Å². The summed E-state index contributed by atoms with van der Waals surface area (Å²) in [5.41, 5.74) is 1.70. The van der Waals surface area contributed by atoms with Crippen LogP contribution in [0.15, 0.2) is 47.5 Å². The molecule has 1 saturated heterocycles.